The maximum absolute atomic E-state index is 4.33. The molecule has 2 heterocycles. The number of nitrogens with zero attached hydrogens (tertiary/aromatic N) is 1. The molecule has 0 bridgehead atoms. The van der Waals surface area contributed by atoms with Crippen LogP contribution in [0.2, 0.25) is 0 Å². The van der Waals surface area contributed by atoms with Crippen LogP contribution in [-0.4, -0.2) is 9.97 Å². The predicted octanol–water partition coefficient (Wildman–Crippen LogP) is 3.33. The Morgan fingerprint density at radius 1 is 1.00 bits per heavy atom. The van der Waals surface area contributed by atoms with Crippen LogP contribution in [0, 0.1) is 13.8 Å². The van der Waals surface area contributed by atoms with Crippen LogP contribution in [0.3, 0.4) is 0 Å². The highest BCUT2D eigenvalue weighted by Gasteiger charge is 2.04. The molecule has 0 amide bonds. The number of aromatic nitrogens is 2. The SMILES string of the molecule is Cc1ccc2c(c1)[nH]c1cc(C)ncc12. The highest BCUT2D eigenvalue weighted by atomic mass is 14.7. The third-order valence-corrected chi connectivity index (χ3v) is 2.78. The van der Waals surface area contributed by atoms with Gasteiger partial charge in [0.25, 0.3) is 0 Å². The maximum Gasteiger partial charge on any atom is 0.0498 e. The van der Waals surface area contributed by atoms with Gasteiger partial charge >= 0.3 is 0 Å². The number of hydrogen-bond donors (Lipinski definition) is 1. The quantitative estimate of drug-likeness (QED) is 0.587. The van der Waals surface area contributed by atoms with E-state index in [-0.39, 0.29) is 0 Å². The van der Waals surface area contributed by atoms with Crippen LogP contribution >= 0.6 is 0 Å². The first-order valence-electron chi connectivity index (χ1n) is 5.09. The van der Waals surface area contributed by atoms with Gasteiger partial charge in [0.05, 0.1) is 0 Å². The normalized spacial score (nSPS) is 11.3. The molecule has 3 rings (SSSR count). The summed E-state index contributed by atoms with van der Waals surface area (Å²) in [7, 11) is 0. The van der Waals surface area contributed by atoms with Crippen molar-refractivity contribution < 1.29 is 0 Å². The second-order valence-electron chi connectivity index (χ2n) is 4.05. The first-order chi connectivity index (χ1) is 7.24. The van der Waals surface area contributed by atoms with Crippen molar-refractivity contribution in [2.45, 2.75) is 13.8 Å². The number of aryl methyl sites for hydroxylation is 2. The summed E-state index contributed by atoms with van der Waals surface area (Å²) in [6.07, 6.45) is 1.94. The summed E-state index contributed by atoms with van der Waals surface area (Å²) in [6, 6.07) is 8.55. The van der Waals surface area contributed by atoms with Crippen LogP contribution in [0.4, 0.5) is 0 Å². The smallest absolute Gasteiger partial charge is 0.0498 e. The Hall–Kier alpha value is -1.83. The molecular formula is C13H12N2. The summed E-state index contributed by atoms with van der Waals surface area (Å²) in [4.78, 5) is 7.75. The van der Waals surface area contributed by atoms with Crippen LogP contribution < -0.4 is 0 Å². The summed E-state index contributed by atoms with van der Waals surface area (Å²) in [5, 5.41) is 2.46. The lowest BCUT2D eigenvalue weighted by Crippen LogP contribution is -1.77. The van der Waals surface area contributed by atoms with E-state index in [9.17, 15) is 0 Å². The molecular weight excluding hydrogens is 184 g/mol. The topological polar surface area (TPSA) is 28.7 Å². The van der Waals surface area contributed by atoms with Crippen molar-refractivity contribution in [1.82, 2.24) is 9.97 Å². The molecule has 1 aromatic carbocycles. The molecule has 0 unspecified atom stereocenters. The fourth-order valence-corrected chi connectivity index (χ4v) is 2.02. The zero-order valence-corrected chi connectivity index (χ0v) is 8.83. The van der Waals surface area contributed by atoms with Gasteiger partial charge in [-0.15, -0.1) is 0 Å². The number of aromatic amines is 1. The van der Waals surface area contributed by atoms with E-state index in [1.807, 2.05) is 13.1 Å². The molecule has 0 aliphatic rings. The molecule has 0 aliphatic heterocycles. The molecule has 0 radical (unpaired) electrons. The minimum Gasteiger partial charge on any atom is -0.354 e. The van der Waals surface area contributed by atoms with Crippen molar-refractivity contribution in [1.29, 1.82) is 0 Å². The highest BCUT2D eigenvalue weighted by Crippen LogP contribution is 2.25. The van der Waals surface area contributed by atoms with Crippen LogP contribution in [0.5, 0.6) is 0 Å². The third kappa shape index (κ3) is 1.22. The standard InChI is InChI=1S/C13H12N2/c1-8-3-4-10-11-7-14-9(2)6-13(11)15-12(10)5-8/h3-7,15H,1-2H3. The second-order valence-corrected chi connectivity index (χ2v) is 4.05. The summed E-state index contributed by atoms with van der Waals surface area (Å²) in [6.45, 7) is 4.12. The van der Waals surface area contributed by atoms with E-state index < -0.39 is 0 Å². The maximum atomic E-state index is 4.33. The number of H-pyrrole nitrogens is 1. The van der Waals surface area contributed by atoms with E-state index in [2.05, 4.69) is 41.2 Å². The minimum atomic E-state index is 1.05. The number of benzene rings is 1. The molecule has 2 heteroatoms. The molecule has 2 nitrogen and oxygen atoms in total. The number of hydrogen-bond acceptors (Lipinski definition) is 1. The van der Waals surface area contributed by atoms with Crippen LogP contribution in [-0.2, 0) is 0 Å². The lowest BCUT2D eigenvalue weighted by Gasteiger charge is -1.93. The van der Waals surface area contributed by atoms with Gasteiger partial charge in [0.1, 0.15) is 0 Å². The summed E-state index contributed by atoms with van der Waals surface area (Å²) >= 11 is 0. The Kier molecular flexibility index (Phi) is 1.60. The van der Waals surface area contributed by atoms with E-state index in [0.29, 0.717) is 0 Å². The first kappa shape index (κ1) is 8.48. The largest absolute Gasteiger partial charge is 0.354 e. The average molecular weight is 196 g/mol. The van der Waals surface area contributed by atoms with Crippen molar-refractivity contribution in [3.05, 3.63) is 41.7 Å². The molecule has 1 N–H and O–H groups in total. The van der Waals surface area contributed by atoms with Gasteiger partial charge in [-0.2, -0.15) is 0 Å². The first-order valence-corrected chi connectivity index (χ1v) is 5.09. The van der Waals surface area contributed by atoms with Gasteiger partial charge in [-0.3, -0.25) is 4.98 Å². The van der Waals surface area contributed by atoms with Crippen molar-refractivity contribution in [3.8, 4) is 0 Å². The van der Waals surface area contributed by atoms with Gasteiger partial charge < -0.3 is 4.98 Å². The fourth-order valence-electron chi connectivity index (χ4n) is 2.02. The van der Waals surface area contributed by atoms with Gasteiger partial charge in [0.15, 0.2) is 0 Å². The Morgan fingerprint density at radius 3 is 2.67 bits per heavy atom. The molecule has 15 heavy (non-hydrogen) atoms. The minimum absolute atomic E-state index is 1.05. The molecule has 2 aromatic heterocycles. The van der Waals surface area contributed by atoms with Crippen LogP contribution in [0.25, 0.3) is 21.8 Å². The van der Waals surface area contributed by atoms with Crippen molar-refractivity contribution in [2.75, 3.05) is 0 Å². The molecule has 0 atom stereocenters. The number of nitrogens with one attached hydrogen (secondary N) is 1. The van der Waals surface area contributed by atoms with Gasteiger partial charge in [0.2, 0.25) is 0 Å². The van der Waals surface area contributed by atoms with Gasteiger partial charge in [-0.1, -0.05) is 12.1 Å². The molecule has 0 saturated heterocycles. The fraction of sp³-hybridized carbons (Fsp3) is 0.154. The number of pyridine rings is 1. The van der Waals surface area contributed by atoms with Gasteiger partial charge in [-0.05, 0) is 31.5 Å². The van der Waals surface area contributed by atoms with E-state index in [0.717, 1.165) is 5.69 Å². The van der Waals surface area contributed by atoms with E-state index in [4.69, 9.17) is 0 Å². The molecule has 0 spiro atoms. The van der Waals surface area contributed by atoms with Crippen LogP contribution in [0.1, 0.15) is 11.3 Å². The molecule has 0 fully saturated rings. The Balaban J connectivity index is 2.51. The second kappa shape index (κ2) is 2.83. The zero-order chi connectivity index (χ0) is 10.4. The molecule has 3 aromatic rings. The van der Waals surface area contributed by atoms with Gasteiger partial charge in [-0.25, -0.2) is 0 Å². The van der Waals surface area contributed by atoms with Crippen molar-refractivity contribution in [2.24, 2.45) is 0 Å². The summed E-state index contributed by atoms with van der Waals surface area (Å²) < 4.78 is 0. The molecule has 74 valence electrons. The number of rotatable bonds is 0. The highest BCUT2D eigenvalue weighted by molar-refractivity contribution is 6.06. The van der Waals surface area contributed by atoms with E-state index in [1.165, 1.54) is 27.4 Å². The van der Waals surface area contributed by atoms with E-state index >= 15 is 0 Å². The van der Waals surface area contributed by atoms with Gasteiger partial charge in [0, 0.05) is 33.7 Å². The monoisotopic (exact) mass is 196 g/mol. The summed E-state index contributed by atoms with van der Waals surface area (Å²) in [5.74, 6) is 0. The lowest BCUT2D eigenvalue weighted by molar-refractivity contribution is 1.22. The predicted molar refractivity (Wildman–Crippen MR) is 63.1 cm³/mol. The van der Waals surface area contributed by atoms with Crippen molar-refractivity contribution in [3.63, 3.8) is 0 Å². The molecule has 0 saturated carbocycles. The lowest BCUT2D eigenvalue weighted by atomic mass is 10.1. The summed E-state index contributed by atoms with van der Waals surface area (Å²) in [5.41, 5.74) is 4.69. The van der Waals surface area contributed by atoms with E-state index in [1.54, 1.807) is 0 Å². The zero-order valence-electron chi connectivity index (χ0n) is 8.83. The van der Waals surface area contributed by atoms with Crippen LogP contribution in [0.15, 0.2) is 30.5 Å². The third-order valence-electron chi connectivity index (χ3n) is 2.78. The Bertz CT molecular complexity index is 594. The Labute approximate surface area is 88.0 Å². The molecule has 0 aliphatic carbocycles. The average Bonchev–Trinajstić information content (AvgIpc) is 2.53. The number of fused-ring (bicyclic) bond motifs is 3. The van der Waals surface area contributed by atoms with Crippen molar-refractivity contribution >= 4 is 21.8 Å². The Morgan fingerprint density at radius 2 is 1.80 bits per heavy atom.